The molecular formula is C13H14F3N5O2. The molecule has 3 rings (SSSR count). The van der Waals surface area contributed by atoms with Gasteiger partial charge in [0.05, 0.1) is 24.5 Å². The van der Waals surface area contributed by atoms with Gasteiger partial charge in [0.15, 0.2) is 0 Å². The van der Waals surface area contributed by atoms with Crippen LogP contribution in [-0.2, 0) is 10.9 Å². The molecule has 124 valence electrons. The Kier molecular flexibility index (Phi) is 4.07. The summed E-state index contributed by atoms with van der Waals surface area (Å²) in [4.78, 5) is 13.8. The third-order valence-electron chi connectivity index (χ3n) is 3.52. The summed E-state index contributed by atoms with van der Waals surface area (Å²) in [6.07, 6.45) is -4.39. The first-order valence-electron chi connectivity index (χ1n) is 6.96. The zero-order valence-corrected chi connectivity index (χ0v) is 12.0. The number of benzene rings is 1. The number of rotatable bonds is 1. The molecule has 0 bridgehead atoms. The number of nitrogens with zero attached hydrogens (tertiary/aromatic N) is 5. The van der Waals surface area contributed by atoms with Gasteiger partial charge in [0, 0.05) is 13.1 Å². The fourth-order valence-corrected chi connectivity index (χ4v) is 2.25. The minimum atomic E-state index is -4.39. The second kappa shape index (κ2) is 6.03. The SMILES string of the molecule is O=C(N1CCOCC1)N1CN(c2ccc(C(F)(F)F)cc2)N=N1. The third kappa shape index (κ3) is 3.36. The lowest BCUT2D eigenvalue weighted by Crippen LogP contribution is -2.47. The number of hydrogen-bond acceptors (Lipinski definition) is 5. The summed E-state index contributed by atoms with van der Waals surface area (Å²) in [5.74, 6) is 0. The first kappa shape index (κ1) is 15.5. The molecule has 2 aliphatic rings. The first-order chi connectivity index (χ1) is 10.9. The standard InChI is InChI=1S/C13H14F3N5O2/c14-13(15,16)10-1-3-11(4-2-10)20-9-21(18-17-20)12(22)19-5-7-23-8-6-19/h1-4H,5-9H2. The summed E-state index contributed by atoms with van der Waals surface area (Å²) in [7, 11) is 0. The number of ether oxygens (including phenoxy) is 1. The Hall–Kier alpha value is -2.36. The molecule has 1 fully saturated rings. The lowest BCUT2D eigenvalue weighted by atomic mass is 10.2. The molecule has 1 aromatic carbocycles. The molecule has 1 saturated heterocycles. The first-order valence-corrected chi connectivity index (χ1v) is 6.96. The van der Waals surface area contributed by atoms with Gasteiger partial charge in [-0.25, -0.2) is 9.80 Å². The number of urea groups is 1. The Morgan fingerprint density at radius 1 is 1.09 bits per heavy atom. The van der Waals surface area contributed by atoms with Crippen LogP contribution in [0.2, 0.25) is 0 Å². The van der Waals surface area contributed by atoms with Gasteiger partial charge in [-0.1, -0.05) is 0 Å². The molecule has 0 atom stereocenters. The average molecular weight is 329 g/mol. The van der Waals surface area contributed by atoms with Crippen molar-refractivity contribution >= 4 is 11.7 Å². The second-order valence-corrected chi connectivity index (χ2v) is 5.05. The maximum atomic E-state index is 12.5. The molecule has 2 amide bonds. The number of amides is 2. The van der Waals surface area contributed by atoms with Gasteiger partial charge in [-0.3, -0.25) is 0 Å². The van der Waals surface area contributed by atoms with Crippen molar-refractivity contribution in [2.75, 3.05) is 38.0 Å². The molecule has 0 N–H and O–H groups in total. The topological polar surface area (TPSA) is 60.7 Å². The molecule has 0 radical (unpaired) electrons. The monoisotopic (exact) mass is 329 g/mol. The molecule has 2 aliphatic heterocycles. The Balaban J connectivity index is 1.63. The molecule has 0 saturated carbocycles. The van der Waals surface area contributed by atoms with Gasteiger partial charge in [-0.15, -0.1) is 0 Å². The molecule has 1 aromatic rings. The Morgan fingerprint density at radius 2 is 1.74 bits per heavy atom. The number of hydrogen-bond donors (Lipinski definition) is 0. The van der Waals surface area contributed by atoms with E-state index in [9.17, 15) is 18.0 Å². The van der Waals surface area contributed by atoms with Gasteiger partial charge in [0.25, 0.3) is 0 Å². The van der Waals surface area contributed by atoms with Crippen molar-refractivity contribution < 1.29 is 22.7 Å². The molecule has 23 heavy (non-hydrogen) atoms. The van der Waals surface area contributed by atoms with Crippen LogP contribution in [0.1, 0.15) is 5.56 Å². The predicted molar refractivity (Wildman–Crippen MR) is 73.3 cm³/mol. The van der Waals surface area contributed by atoms with E-state index < -0.39 is 11.7 Å². The van der Waals surface area contributed by atoms with Gasteiger partial charge >= 0.3 is 12.2 Å². The Labute approximate surface area is 129 Å². The van der Waals surface area contributed by atoms with Crippen molar-refractivity contribution in [1.29, 1.82) is 0 Å². The molecule has 7 nitrogen and oxygen atoms in total. The van der Waals surface area contributed by atoms with Crippen LogP contribution in [0.25, 0.3) is 0 Å². The van der Waals surface area contributed by atoms with Crippen molar-refractivity contribution in [3.05, 3.63) is 29.8 Å². The van der Waals surface area contributed by atoms with Crippen molar-refractivity contribution in [2.24, 2.45) is 10.4 Å². The summed E-state index contributed by atoms with van der Waals surface area (Å²) < 4.78 is 42.8. The van der Waals surface area contributed by atoms with E-state index in [0.717, 1.165) is 12.1 Å². The Bertz CT molecular complexity index is 599. The number of morpholine rings is 1. The highest BCUT2D eigenvalue weighted by atomic mass is 19.4. The van der Waals surface area contributed by atoms with Crippen LogP contribution in [-0.4, -0.2) is 48.9 Å². The van der Waals surface area contributed by atoms with Crippen LogP contribution < -0.4 is 5.01 Å². The van der Waals surface area contributed by atoms with E-state index in [0.29, 0.717) is 32.0 Å². The van der Waals surface area contributed by atoms with E-state index in [4.69, 9.17) is 4.74 Å². The lowest BCUT2D eigenvalue weighted by Gasteiger charge is -2.28. The van der Waals surface area contributed by atoms with Crippen LogP contribution in [0.5, 0.6) is 0 Å². The molecule has 0 aliphatic carbocycles. The minimum Gasteiger partial charge on any atom is -0.378 e. The largest absolute Gasteiger partial charge is 0.416 e. The van der Waals surface area contributed by atoms with Gasteiger partial charge in [-0.05, 0) is 34.7 Å². The number of anilines is 1. The summed E-state index contributed by atoms with van der Waals surface area (Å²) >= 11 is 0. The third-order valence-corrected chi connectivity index (χ3v) is 3.52. The molecule has 0 aromatic heterocycles. The maximum absolute atomic E-state index is 12.5. The highest BCUT2D eigenvalue weighted by Gasteiger charge is 2.31. The number of alkyl halides is 3. The van der Waals surface area contributed by atoms with Gasteiger partial charge in [0.1, 0.15) is 6.67 Å². The molecule has 2 heterocycles. The average Bonchev–Trinajstić information content (AvgIpc) is 3.04. The zero-order chi connectivity index (χ0) is 16.4. The number of carbonyl (C=O) groups is 1. The van der Waals surface area contributed by atoms with E-state index in [-0.39, 0.29) is 12.7 Å². The van der Waals surface area contributed by atoms with Crippen LogP contribution in [0, 0.1) is 0 Å². The number of halogens is 3. The van der Waals surface area contributed by atoms with Crippen LogP contribution in [0.4, 0.5) is 23.7 Å². The predicted octanol–water partition coefficient (Wildman–Crippen LogP) is 2.52. The van der Waals surface area contributed by atoms with Crippen molar-refractivity contribution in [1.82, 2.24) is 9.91 Å². The van der Waals surface area contributed by atoms with Crippen LogP contribution >= 0.6 is 0 Å². The highest BCUT2D eigenvalue weighted by molar-refractivity contribution is 5.74. The summed E-state index contributed by atoms with van der Waals surface area (Å²) in [6.45, 7) is 1.95. The van der Waals surface area contributed by atoms with Gasteiger partial charge < -0.3 is 9.64 Å². The van der Waals surface area contributed by atoms with Gasteiger partial charge in [-0.2, -0.15) is 18.2 Å². The smallest absolute Gasteiger partial charge is 0.378 e. The fourth-order valence-electron chi connectivity index (χ4n) is 2.25. The number of carbonyl (C=O) groups excluding carboxylic acids is 1. The summed E-state index contributed by atoms with van der Waals surface area (Å²) in [6, 6.07) is 4.23. The van der Waals surface area contributed by atoms with E-state index in [2.05, 4.69) is 10.4 Å². The summed E-state index contributed by atoms with van der Waals surface area (Å²) in [5, 5.41) is 10.1. The van der Waals surface area contributed by atoms with E-state index in [1.165, 1.54) is 22.2 Å². The van der Waals surface area contributed by atoms with Crippen molar-refractivity contribution in [2.45, 2.75) is 6.18 Å². The summed E-state index contributed by atoms with van der Waals surface area (Å²) in [5.41, 5.74) is -0.308. The molecular weight excluding hydrogens is 315 g/mol. The normalized spacial score (nSPS) is 18.7. The minimum absolute atomic E-state index is 0.0571. The molecule has 10 heteroatoms. The van der Waals surface area contributed by atoms with Crippen LogP contribution in [0.15, 0.2) is 34.7 Å². The molecule has 0 unspecified atom stereocenters. The van der Waals surface area contributed by atoms with E-state index >= 15 is 0 Å². The lowest BCUT2D eigenvalue weighted by molar-refractivity contribution is -0.137. The zero-order valence-electron chi connectivity index (χ0n) is 12.0. The van der Waals surface area contributed by atoms with E-state index in [1.54, 1.807) is 4.90 Å². The van der Waals surface area contributed by atoms with E-state index in [1.807, 2.05) is 0 Å². The van der Waals surface area contributed by atoms with Crippen molar-refractivity contribution in [3.8, 4) is 0 Å². The quantitative estimate of drug-likeness (QED) is 0.795. The highest BCUT2D eigenvalue weighted by Crippen LogP contribution is 2.31. The molecule has 0 spiro atoms. The Morgan fingerprint density at radius 3 is 2.35 bits per heavy atom. The second-order valence-electron chi connectivity index (χ2n) is 5.05. The van der Waals surface area contributed by atoms with Crippen LogP contribution in [0.3, 0.4) is 0 Å². The van der Waals surface area contributed by atoms with Gasteiger partial charge in [0.2, 0.25) is 0 Å². The fraction of sp³-hybridized carbons (Fsp3) is 0.462. The maximum Gasteiger partial charge on any atom is 0.416 e. The van der Waals surface area contributed by atoms with Crippen molar-refractivity contribution in [3.63, 3.8) is 0 Å².